The smallest absolute Gasteiger partial charge is 0.323 e. The fourth-order valence-corrected chi connectivity index (χ4v) is 1.29. The molecule has 0 bridgehead atoms. The Balaban J connectivity index is 2.90. The van der Waals surface area contributed by atoms with E-state index < -0.39 is 30.9 Å². The number of aliphatic carboxylic acids is 1. The average Bonchev–Trinajstić information content (AvgIpc) is 2.61. The molecule has 0 saturated heterocycles. The summed E-state index contributed by atoms with van der Waals surface area (Å²) < 4.78 is 4.93. The van der Waals surface area contributed by atoms with Crippen LogP contribution >= 0.6 is 0 Å². The number of aryl methyl sites for hydroxylation is 1. The highest BCUT2D eigenvalue weighted by Gasteiger charge is 2.23. The van der Waals surface area contributed by atoms with E-state index >= 15 is 0 Å². The molecule has 0 unspecified atom stereocenters. The van der Waals surface area contributed by atoms with E-state index in [0.29, 0.717) is 5.56 Å². The van der Waals surface area contributed by atoms with Crippen molar-refractivity contribution in [2.75, 3.05) is 13.1 Å². The van der Waals surface area contributed by atoms with Gasteiger partial charge < -0.3 is 20.2 Å². The zero-order chi connectivity index (χ0) is 13.0. The number of furan rings is 1. The van der Waals surface area contributed by atoms with Gasteiger partial charge in [-0.1, -0.05) is 0 Å². The van der Waals surface area contributed by atoms with Gasteiger partial charge in [-0.05, 0) is 13.0 Å². The second-order valence-electron chi connectivity index (χ2n) is 3.45. The molecule has 3 N–H and O–H groups in total. The highest BCUT2D eigenvalue weighted by Crippen LogP contribution is 2.11. The van der Waals surface area contributed by atoms with Gasteiger partial charge >= 0.3 is 5.97 Å². The van der Waals surface area contributed by atoms with Crippen molar-refractivity contribution in [1.82, 2.24) is 4.90 Å². The van der Waals surface area contributed by atoms with Gasteiger partial charge in [0.2, 0.25) is 5.91 Å². The monoisotopic (exact) mass is 240 g/mol. The maximum absolute atomic E-state index is 11.9. The molecule has 1 rings (SSSR count). The molecule has 92 valence electrons. The number of nitrogens with two attached hydrogens (primary N) is 1. The van der Waals surface area contributed by atoms with Crippen LogP contribution in [0.1, 0.15) is 16.1 Å². The second-order valence-corrected chi connectivity index (χ2v) is 3.45. The third-order valence-electron chi connectivity index (χ3n) is 2.02. The molecule has 1 heterocycles. The van der Waals surface area contributed by atoms with Crippen molar-refractivity contribution in [1.29, 1.82) is 0 Å². The third kappa shape index (κ3) is 3.33. The summed E-state index contributed by atoms with van der Waals surface area (Å²) in [5, 5.41) is 8.64. The highest BCUT2D eigenvalue weighted by molar-refractivity contribution is 5.96. The summed E-state index contributed by atoms with van der Waals surface area (Å²) in [7, 11) is 0. The molecule has 0 aliphatic heterocycles. The average molecular weight is 240 g/mol. The first kappa shape index (κ1) is 12.8. The Morgan fingerprint density at radius 2 is 2.06 bits per heavy atom. The molecule has 17 heavy (non-hydrogen) atoms. The van der Waals surface area contributed by atoms with E-state index in [1.165, 1.54) is 6.26 Å². The Hall–Kier alpha value is -2.31. The SMILES string of the molecule is Cc1ccoc1C(=O)N(CC(N)=O)CC(=O)O. The van der Waals surface area contributed by atoms with Gasteiger partial charge in [-0.3, -0.25) is 14.4 Å². The lowest BCUT2D eigenvalue weighted by atomic mass is 10.2. The molecule has 0 aliphatic rings. The molecule has 7 heteroatoms. The molecule has 0 fully saturated rings. The van der Waals surface area contributed by atoms with Crippen LogP contribution in [0.15, 0.2) is 16.7 Å². The van der Waals surface area contributed by atoms with E-state index in [0.717, 1.165) is 4.90 Å². The molecule has 0 aliphatic carbocycles. The predicted molar refractivity (Wildman–Crippen MR) is 56.2 cm³/mol. The molecule has 2 amide bonds. The Morgan fingerprint density at radius 3 is 2.47 bits per heavy atom. The van der Waals surface area contributed by atoms with Crippen molar-refractivity contribution in [3.8, 4) is 0 Å². The fourth-order valence-electron chi connectivity index (χ4n) is 1.29. The molecular weight excluding hydrogens is 228 g/mol. The van der Waals surface area contributed by atoms with E-state index in [-0.39, 0.29) is 5.76 Å². The van der Waals surface area contributed by atoms with Crippen molar-refractivity contribution < 1.29 is 23.9 Å². The molecule has 0 spiro atoms. The van der Waals surface area contributed by atoms with Crippen molar-refractivity contribution in [2.24, 2.45) is 5.73 Å². The number of primary amides is 1. The van der Waals surface area contributed by atoms with Gasteiger partial charge in [0.25, 0.3) is 5.91 Å². The highest BCUT2D eigenvalue weighted by atomic mass is 16.4. The van der Waals surface area contributed by atoms with Crippen LogP contribution in [0, 0.1) is 6.92 Å². The predicted octanol–water partition coefficient (Wildman–Crippen LogP) is -0.400. The third-order valence-corrected chi connectivity index (χ3v) is 2.02. The van der Waals surface area contributed by atoms with Gasteiger partial charge in [-0.2, -0.15) is 0 Å². The summed E-state index contributed by atoms with van der Waals surface area (Å²) in [5.74, 6) is -2.69. The van der Waals surface area contributed by atoms with E-state index in [4.69, 9.17) is 15.3 Å². The molecular formula is C10H12N2O5. The van der Waals surface area contributed by atoms with Gasteiger partial charge in [0, 0.05) is 5.56 Å². The molecule has 0 saturated carbocycles. The Morgan fingerprint density at radius 1 is 1.41 bits per heavy atom. The minimum Gasteiger partial charge on any atom is -0.480 e. The van der Waals surface area contributed by atoms with Crippen LogP contribution in [0.25, 0.3) is 0 Å². The number of hydrogen-bond acceptors (Lipinski definition) is 4. The van der Waals surface area contributed by atoms with Crippen molar-refractivity contribution in [3.05, 3.63) is 23.7 Å². The lowest BCUT2D eigenvalue weighted by Gasteiger charge is -2.17. The number of nitrogens with zero attached hydrogens (tertiary/aromatic N) is 1. The first-order valence-electron chi connectivity index (χ1n) is 4.75. The van der Waals surface area contributed by atoms with E-state index in [2.05, 4.69) is 0 Å². The molecule has 0 atom stereocenters. The standard InChI is InChI=1S/C10H12N2O5/c1-6-2-3-17-9(6)10(16)12(4-7(11)13)5-8(14)15/h2-3H,4-5H2,1H3,(H2,11,13)(H,14,15). The maximum atomic E-state index is 11.9. The summed E-state index contributed by atoms with van der Waals surface area (Å²) >= 11 is 0. The molecule has 7 nitrogen and oxygen atoms in total. The van der Waals surface area contributed by atoms with Crippen molar-refractivity contribution in [3.63, 3.8) is 0 Å². The largest absolute Gasteiger partial charge is 0.480 e. The summed E-state index contributed by atoms with van der Waals surface area (Å²) in [6, 6.07) is 1.57. The number of carboxylic acid groups (broad SMARTS) is 1. The van der Waals surface area contributed by atoms with Gasteiger partial charge in [-0.25, -0.2) is 0 Å². The quantitative estimate of drug-likeness (QED) is 0.726. The van der Waals surface area contributed by atoms with Crippen LogP contribution in [0.2, 0.25) is 0 Å². The Labute approximate surface area is 96.8 Å². The number of carbonyl (C=O) groups excluding carboxylic acids is 2. The first-order chi connectivity index (χ1) is 7.91. The van der Waals surface area contributed by atoms with Crippen LogP contribution in [0.3, 0.4) is 0 Å². The minimum absolute atomic E-state index is 0.00694. The maximum Gasteiger partial charge on any atom is 0.323 e. The molecule has 0 aromatic carbocycles. The number of amides is 2. The topological polar surface area (TPSA) is 114 Å². The number of carboxylic acids is 1. The van der Waals surface area contributed by atoms with Crippen LogP contribution in [-0.2, 0) is 9.59 Å². The van der Waals surface area contributed by atoms with Gasteiger partial charge in [0.1, 0.15) is 13.1 Å². The molecule has 0 radical (unpaired) electrons. The number of hydrogen-bond donors (Lipinski definition) is 2. The van der Waals surface area contributed by atoms with E-state index in [1.807, 2.05) is 0 Å². The van der Waals surface area contributed by atoms with E-state index in [9.17, 15) is 14.4 Å². The summed E-state index contributed by atoms with van der Waals surface area (Å²) in [4.78, 5) is 34.0. The Bertz CT molecular complexity index is 435. The van der Waals surface area contributed by atoms with Crippen molar-refractivity contribution >= 4 is 17.8 Å². The van der Waals surface area contributed by atoms with Crippen molar-refractivity contribution in [2.45, 2.75) is 6.92 Å². The fraction of sp³-hybridized carbons (Fsp3) is 0.300. The number of carbonyl (C=O) groups is 3. The second kappa shape index (κ2) is 5.15. The van der Waals surface area contributed by atoms with Crippen LogP contribution in [0.4, 0.5) is 0 Å². The summed E-state index contributed by atoms with van der Waals surface area (Å²) in [6.45, 7) is 0.563. The van der Waals surface area contributed by atoms with Gasteiger partial charge in [0.15, 0.2) is 5.76 Å². The van der Waals surface area contributed by atoms with Crippen LogP contribution in [0.5, 0.6) is 0 Å². The first-order valence-corrected chi connectivity index (χ1v) is 4.75. The lowest BCUT2D eigenvalue weighted by molar-refractivity contribution is -0.138. The minimum atomic E-state index is -1.23. The summed E-state index contributed by atoms with van der Waals surface area (Å²) in [5.41, 5.74) is 5.51. The number of rotatable bonds is 5. The zero-order valence-electron chi connectivity index (χ0n) is 9.17. The normalized spacial score (nSPS) is 9.94. The van der Waals surface area contributed by atoms with Crippen LogP contribution in [-0.4, -0.2) is 40.9 Å². The lowest BCUT2D eigenvalue weighted by Crippen LogP contribution is -2.41. The van der Waals surface area contributed by atoms with E-state index in [1.54, 1.807) is 13.0 Å². The van der Waals surface area contributed by atoms with Gasteiger partial charge in [0.05, 0.1) is 6.26 Å². The Kier molecular flexibility index (Phi) is 3.86. The zero-order valence-corrected chi connectivity index (χ0v) is 9.17. The summed E-state index contributed by atoms with van der Waals surface area (Å²) in [6.07, 6.45) is 1.31. The van der Waals surface area contributed by atoms with Gasteiger partial charge in [-0.15, -0.1) is 0 Å². The molecule has 1 aromatic rings. The molecule has 1 aromatic heterocycles. The van der Waals surface area contributed by atoms with Crippen LogP contribution < -0.4 is 5.73 Å².